The summed E-state index contributed by atoms with van der Waals surface area (Å²) in [5.74, 6) is 0. The molecule has 1 heterocycles. The average Bonchev–Trinajstić information content (AvgIpc) is 2.71. The van der Waals surface area contributed by atoms with Crippen LogP contribution in [0.1, 0.15) is 0 Å². The van der Waals surface area contributed by atoms with Crippen LogP contribution in [0.15, 0.2) is 43.0 Å². The van der Waals surface area contributed by atoms with E-state index in [-0.39, 0.29) is 0 Å². The molecule has 1 atom stereocenters. The fourth-order valence-electron chi connectivity index (χ4n) is 1.21. The van der Waals surface area contributed by atoms with Gasteiger partial charge in [0.15, 0.2) is 0 Å². The maximum atomic E-state index is 10.4. The van der Waals surface area contributed by atoms with Gasteiger partial charge in [-0.2, -0.15) is 0 Å². The van der Waals surface area contributed by atoms with Gasteiger partial charge in [0.1, 0.15) is 0 Å². The number of anilines is 1. The van der Waals surface area contributed by atoms with Crippen LogP contribution in [0.25, 0.3) is 5.69 Å². The Bertz CT molecular complexity index is 453. The summed E-state index contributed by atoms with van der Waals surface area (Å²) in [5.41, 5.74) is 1.46. The first-order chi connectivity index (χ1) is 7.25. The number of rotatable bonds is 3. The molecular formula is C9H8N3O2S-. The van der Waals surface area contributed by atoms with Crippen molar-refractivity contribution in [1.29, 1.82) is 0 Å². The number of nitrogens with zero attached hydrogens (tertiary/aromatic N) is 2. The average molecular weight is 222 g/mol. The highest BCUT2D eigenvalue weighted by Gasteiger charge is 1.95. The smallest absolute Gasteiger partial charge is 0.0991 e. The predicted octanol–water partition coefficient (Wildman–Crippen LogP) is 1.08. The maximum Gasteiger partial charge on any atom is 0.0991 e. The Morgan fingerprint density at radius 2 is 2.07 bits per heavy atom. The minimum Gasteiger partial charge on any atom is -0.755 e. The van der Waals surface area contributed by atoms with Crippen LogP contribution in [0.5, 0.6) is 0 Å². The van der Waals surface area contributed by atoms with E-state index in [9.17, 15) is 8.76 Å². The van der Waals surface area contributed by atoms with Crippen LogP contribution < -0.4 is 4.72 Å². The van der Waals surface area contributed by atoms with Crippen LogP contribution in [0.3, 0.4) is 0 Å². The van der Waals surface area contributed by atoms with E-state index in [4.69, 9.17) is 0 Å². The second-order valence-electron chi connectivity index (χ2n) is 2.85. The first-order valence-corrected chi connectivity index (χ1v) is 5.27. The third kappa shape index (κ3) is 2.42. The van der Waals surface area contributed by atoms with E-state index in [0.717, 1.165) is 5.69 Å². The van der Waals surface area contributed by atoms with Gasteiger partial charge in [-0.3, -0.25) is 4.21 Å². The van der Waals surface area contributed by atoms with Gasteiger partial charge in [-0.1, -0.05) is 0 Å². The summed E-state index contributed by atoms with van der Waals surface area (Å²) >= 11 is -2.28. The zero-order valence-corrected chi connectivity index (χ0v) is 8.48. The van der Waals surface area contributed by atoms with Crippen LogP contribution in [-0.2, 0) is 11.3 Å². The van der Waals surface area contributed by atoms with Gasteiger partial charge >= 0.3 is 0 Å². The largest absolute Gasteiger partial charge is 0.755 e. The van der Waals surface area contributed by atoms with E-state index in [1.54, 1.807) is 36.8 Å². The first-order valence-electron chi connectivity index (χ1n) is 4.20. The second kappa shape index (κ2) is 4.24. The number of aromatic nitrogens is 2. The molecule has 1 aromatic carbocycles. The Labute approximate surface area is 89.2 Å². The molecule has 1 aromatic heterocycles. The highest BCUT2D eigenvalue weighted by atomic mass is 32.2. The summed E-state index contributed by atoms with van der Waals surface area (Å²) < 4.78 is 24.8. The molecule has 0 aliphatic heterocycles. The summed E-state index contributed by atoms with van der Waals surface area (Å²) in [5, 5.41) is 0. The number of benzene rings is 1. The van der Waals surface area contributed by atoms with Gasteiger partial charge in [0.05, 0.1) is 6.33 Å². The number of nitrogens with one attached hydrogen (secondary N) is 1. The SMILES string of the molecule is O=S([O-])Nc1ccc(-n2ccnc2)cc1. The minimum absolute atomic E-state index is 0.534. The predicted molar refractivity (Wildman–Crippen MR) is 56.1 cm³/mol. The van der Waals surface area contributed by atoms with Gasteiger partial charge < -0.3 is 13.8 Å². The van der Waals surface area contributed by atoms with Gasteiger partial charge in [-0.05, 0) is 24.3 Å². The lowest BCUT2D eigenvalue weighted by molar-refractivity contribution is 0.542. The van der Waals surface area contributed by atoms with Crippen molar-refractivity contribution in [3.05, 3.63) is 43.0 Å². The summed E-state index contributed by atoms with van der Waals surface area (Å²) in [7, 11) is 0. The van der Waals surface area contributed by atoms with Crippen LogP contribution in [0.4, 0.5) is 5.69 Å². The lowest BCUT2D eigenvalue weighted by Crippen LogP contribution is -2.02. The Hall–Kier alpha value is -1.66. The standard InChI is InChI=1S/C9H9N3O2S/c13-15(14)11-8-1-3-9(4-2-8)12-6-5-10-7-12/h1-7,11H,(H,13,14)/p-1. The van der Waals surface area contributed by atoms with Crippen molar-refractivity contribution in [2.24, 2.45) is 0 Å². The zero-order valence-electron chi connectivity index (χ0n) is 7.66. The Kier molecular flexibility index (Phi) is 2.79. The van der Waals surface area contributed by atoms with Gasteiger partial charge in [-0.25, -0.2) is 4.98 Å². The molecule has 0 spiro atoms. The van der Waals surface area contributed by atoms with E-state index < -0.39 is 11.3 Å². The monoisotopic (exact) mass is 222 g/mol. The van der Waals surface area contributed by atoms with Crippen LogP contribution >= 0.6 is 0 Å². The van der Waals surface area contributed by atoms with Crippen LogP contribution in [0.2, 0.25) is 0 Å². The molecule has 78 valence electrons. The molecule has 0 fully saturated rings. The first kappa shape index (κ1) is 9.88. The lowest BCUT2D eigenvalue weighted by Gasteiger charge is -2.09. The van der Waals surface area contributed by atoms with Crippen molar-refractivity contribution in [2.45, 2.75) is 0 Å². The lowest BCUT2D eigenvalue weighted by atomic mass is 10.3. The molecule has 0 amide bonds. The molecule has 0 saturated heterocycles. The summed E-state index contributed by atoms with van der Waals surface area (Å²) in [6.45, 7) is 0. The molecule has 2 aromatic rings. The van der Waals surface area contributed by atoms with Crippen molar-refractivity contribution >= 4 is 17.0 Å². The highest BCUT2D eigenvalue weighted by molar-refractivity contribution is 7.80. The van der Waals surface area contributed by atoms with E-state index in [1.165, 1.54) is 0 Å². The quantitative estimate of drug-likeness (QED) is 0.790. The van der Waals surface area contributed by atoms with Crippen molar-refractivity contribution in [3.63, 3.8) is 0 Å². The molecule has 1 N–H and O–H groups in total. The molecule has 0 radical (unpaired) electrons. The molecule has 2 rings (SSSR count). The Morgan fingerprint density at radius 3 is 2.60 bits per heavy atom. The van der Waals surface area contributed by atoms with E-state index >= 15 is 0 Å². The van der Waals surface area contributed by atoms with Crippen molar-refractivity contribution in [3.8, 4) is 5.69 Å². The molecule has 1 unspecified atom stereocenters. The fraction of sp³-hybridized carbons (Fsp3) is 0. The van der Waals surface area contributed by atoms with Gasteiger partial charge in [0.2, 0.25) is 0 Å². The minimum atomic E-state index is -2.28. The molecule has 0 aliphatic carbocycles. The summed E-state index contributed by atoms with van der Waals surface area (Å²) in [4.78, 5) is 3.92. The van der Waals surface area contributed by atoms with Crippen LogP contribution in [0, 0.1) is 0 Å². The van der Waals surface area contributed by atoms with E-state index in [0.29, 0.717) is 5.69 Å². The van der Waals surface area contributed by atoms with Gasteiger partial charge in [0, 0.05) is 35.0 Å². The fourth-order valence-corrected chi connectivity index (χ4v) is 1.54. The molecule has 0 aliphatic rings. The molecule has 15 heavy (non-hydrogen) atoms. The zero-order chi connectivity index (χ0) is 10.7. The van der Waals surface area contributed by atoms with E-state index in [1.807, 2.05) is 10.8 Å². The van der Waals surface area contributed by atoms with Crippen LogP contribution in [-0.4, -0.2) is 18.3 Å². The van der Waals surface area contributed by atoms with Crippen molar-refractivity contribution < 1.29 is 8.76 Å². The summed E-state index contributed by atoms with van der Waals surface area (Å²) in [6.07, 6.45) is 5.17. The molecular weight excluding hydrogens is 214 g/mol. The summed E-state index contributed by atoms with van der Waals surface area (Å²) in [6, 6.07) is 6.98. The third-order valence-electron chi connectivity index (χ3n) is 1.87. The second-order valence-corrected chi connectivity index (χ2v) is 3.53. The molecule has 0 saturated carbocycles. The van der Waals surface area contributed by atoms with Gasteiger partial charge in [-0.15, -0.1) is 0 Å². The molecule has 0 bridgehead atoms. The third-order valence-corrected chi connectivity index (χ3v) is 2.27. The molecule has 5 nitrogen and oxygen atoms in total. The highest BCUT2D eigenvalue weighted by Crippen LogP contribution is 2.12. The Balaban J connectivity index is 2.21. The normalized spacial score (nSPS) is 12.3. The number of hydrogen-bond acceptors (Lipinski definition) is 3. The number of hydrogen-bond donors (Lipinski definition) is 1. The van der Waals surface area contributed by atoms with E-state index in [2.05, 4.69) is 9.71 Å². The van der Waals surface area contributed by atoms with Crippen molar-refractivity contribution in [2.75, 3.05) is 4.72 Å². The number of imidazole rings is 1. The molecule has 6 heteroatoms. The Morgan fingerprint density at radius 1 is 1.33 bits per heavy atom. The maximum absolute atomic E-state index is 10.4. The van der Waals surface area contributed by atoms with Crippen molar-refractivity contribution in [1.82, 2.24) is 9.55 Å². The van der Waals surface area contributed by atoms with Gasteiger partial charge in [0.25, 0.3) is 0 Å². The topological polar surface area (TPSA) is 70.0 Å².